The van der Waals surface area contributed by atoms with Crippen LogP contribution in [0.4, 0.5) is 5.69 Å². The van der Waals surface area contributed by atoms with Gasteiger partial charge < -0.3 is 0 Å². The van der Waals surface area contributed by atoms with Gasteiger partial charge in [-0.1, -0.05) is 66.7 Å². The molecule has 146 valence electrons. The maximum atomic E-state index is 12.0. The van der Waals surface area contributed by atoms with E-state index in [0.29, 0.717) is 0 Å². The average molecular weight is 459 g/mol. The first kappa shape index (κ1) is 24.5. The van der Waals surface area contributed by atoms with E-state index >= 15 is 0 Å². The molecule has 7 heteroatoms. The summed E-state index contributed by atoms with van der Waals surface area (Å²) in [6, 6.07) is 24.7. The molecular weight excluding hydrogens is 441 g/mol. The van der Waals surface area contributed by atoms with E-state index < -0.39 is 11.3 Å². The quantitative estimate of drug-likeness (QED) is 0.446. The van der Waals surface area contributed by atoms with Crippen LogP contribution in [0.3, 0.4) is 0 Å². The minimum Gasteiger partial charge on any atom is -0.282 e. The molecule has 0 amide bonds. The molecule has 1 N–H and O–H groups in total. The maximum absolute atomic E-state index is 12.0. The standard InChI is InChI=1S/C21H18NO2PS.2Ar/c1-24-26(23)22-18-12-10-14-6-2-4-8-16(14)20(18)21-17-9-5-3-7-15(17)11-13-19(21)25;;/h2-13,22H,25H2,1H3;;. The fourth-order valence-electron chi connectivity index (χ4n) is 3.32. The van der Waals surface area contributed by atoms with E-state index in [-0.39, 0.29) is 75.5 Å². The Morgan fingerprint density at radius 1 is 0.786 bits per heavy atom. The van der Waals surface area contributed by atoms with Crippen molar-refractivity contribution in [2.45, 2.75) is 0 Å². The first-order valence-electron chi connectivity index (χ1n) is 8.21. The molecule has 0 aliphatic rings. The second-order valence-electron chi connectivity index (χ2n) is 5.96. The van der Waals surface area contributed by atoms with E-state index in [0.717, 1.165) is 38.3 Å². The van der Waals surface area contributed by atoms with Crippen LogP contribution in [0.25, 0.3) is 32.7 Å². The van der Waals surface area contributed by atoms with Crippen molar-refractivity contribution >= 4 is 53.0 Å². The summed E-state index contributed by atoms with van der Waals surface area (Å²) in [5.41, 5.74) is 2.92. The number of hydrogen-bond acceptors (Lipinski definition) is 2. The summed E-state index contributed by atoms with van der Waals surface area (Å²) in [5, 5.41) is 5.65. The van der Waals surface area contributed by atoms with Crippen LogP contribution in [-0.4, -0.2) is 11.3 Å². The Kier molecular flexibility index (Phi) is 9.67. The number of rotatable bonds is 4. The molecule has 3 nitrogen and oxygen atoms in total. The summed E-state index contributed by atoms with van der Waals surface area (Å²) in [7, 11) is 4.25. The van der Waals surface area contributed by atoms with Crippen LogP contribution >= 0.6 is 9.24 Å². The first-order chi connectivity index (χ1) is 12.7. The normalized spacial score (nSPS) is 11.5. The molecule has 0 aliphatic heterocycles. The van der Waals surface area contributed by atoms with Crippen LogP contribution in [-0.2, 0) is 15.4 Å². The minimum absolute atomic E-state index is 0. The molecule has 4 aromatic rings. The van der Waals surface area contributed by atoms with Crippen molar-refractivity contribution in [3.05, 3.63) is 72.8 Å². The molecule has 0 saturated heterocycles. The van der Waals surface area contributed by atoms with Gasteiger partial charge in [-0.25, -0.2) is 4.21 Å². The smallest absolute Gasteiger partial charge is 0.261 e. The Labute approximate surface area is 229 Å². The van der Waals surface area contributed by atoms with Crippen molar-refractivity contribution in [2.24, 2.45) is 0 Å². The third kappa shape index (κ3) is 4.94. The second-order valence-corrected chi connectivity index (χ2v) is 7.59. The monoisotopic (exact) mass is 459 g/mol. The van der Waals surface area contributed by atoms with Crippen LogP contribution in [0.1, 0.15) is 0 Å². The van der Waals surface area contributed by atoms with Crippen LogP contribution in [0.2, 0.25) is 0 Å². The van der Waals surface area contributed by atoms with Gasteiger partial charge in [-0.3, -0.25) is 8.91 Å². The SMILES string of the molecule is COS(=O)Nc1ccc2ccccc2c1-c1c(P)ccc2ccccc12.[Ar].[Ar]. The third-order valence-corrected chi connectivity index (χ3v) is 5.66. The van der Waals surface area contributed by atoms with E-state index in [4.69, 9.17) is 4.18 Å². The Morgan fingerprint density at radius 2 is 1.32 bits per heavy atom. The zero-order valence-corrected chi connectivity index (χ0v) is 18.3. The molecule has 4 rings (SSSR count). The van der Waals surface area contributed by atoms with Crippen molar-refractivity contribution in [2.75, 3.05) is 11.8 Å². The molecule has 0 spiro atoms. The van der Waals surface area contributed by atoms with Crippen molar-refractivity contribution in [3.63, 3.8) is 0 Å². The Balaban J connectivity index is 0.00000140. The molecule has 0 heterocycles. The largest absolute Gasteiger partial charge is 0.282 e. The van der Waals surface area contributed by atoms with E-state index in [1.165, 1.54) is 12.5 Å². The number of hydrogen-bond donors (Lipinski definition) is 1. The molecule has 2 unspecified atom stereocenters. The molecule has 2 atom stereocenters. The molecular formula is C21H18Ar2NO2PS. The number of anilines is 1. The van der Waals surface area contributed by atoms with Gasteiger partial charge in [0, 0.05) is 81.0 Å². The van der Waals surface area contributed by atoms with Gasteiger partial charge in [0.2, 0.25) is 0 Å². The fourth-order valence-corrected chi connectivity index (χ4v) is 4.15. The molecule has 0 radical (unpaired) electrons. The van der Waals surface area contributed by atoms with Gasteiger partial charge in [0.15, 0.2) is 0 Å². The maximum Gasteiger partial charge on any atom is 0.261 e. The molecule has 0 saturated carbocycles. The predicted molar refractivity (Wildman–Crippen MR) is 115 cm³/mol. The molecule has 0 aliphatic carbocycles. The van der Waals surface area contributed by atoms with Gasteiger partial charge in [-0.2, -0.15) is 0 Å². The molecule has 0 fully saturated rings. The zero-order valence-electron chi connectivity index (χ0n) is 14.9. The van der Waals surface area contributed by atoms with Gasteiger partial charge in [0.1, 0.15) is 0 Å². The van der Waals surface area contributed by atoms with Gasteiger partial charge in [-0.05, 0) is 38.5 Å². The first-order valence-corrected chi connectivity index (χ1v) is 9.86. The summed E-state index contributed by atoms with van der Waals surface area (Å²) < 4.78 is 19.9. The Bertz CT molecular complexity index is 1150. The molecule has 28 heavy (non-hydrogen) atoms. The topological polar surface area (TPSA) is 38.3 Å². The summed E-state index contributed by atoms with van der Waals surface area (Å²) >= 11 is -1.60. The van der Waals surface area contributed by atoms with Crippen molar-refractivity contribution in [3.8, 4) is 11.1 Å². The van der Waals surface area contributed by atoms with Gasteiger partial charge in [0.25, 0.3) is 11.3 Å². The van der Waals surface area contributed by atoms with Gasteiger partial charge in [0.05, 0.1) is 12.8 Å². The van der Waals surface area contributed by atoms with Crippen LogP contribution in [0.15, 0.2) is 72.8 Å². The number of fused-ring (bicyclic) bond motifs is 2. The second kappa shape index (κ2) is 11.0. The van der Waals surface area contributed by atoms with E-state index in [1.54, 1.807) is 0 Å². The fraction of sp³-hybridized carbons (Fsp3) is 0.0476. The van der Waals surface area contributed by atoms with Gasteiger partial charge in [-0.15, -0.1) is 9.24 Å². The van der Waals surface area contributed by atoms with E-state index in [9.17, 15) is 4.21 Å². The summed E-state index contributed by atoms with van der Waals surface area (Å²) in [5.74, 6) is 0. The molecule has 0 bridgehead atoms. The Morgan fingerprint density at radius 3 is 1.93 bits per heavy atom. The van der Waals surface area contributed by atoms with E-state index in [2.05, 4.69) is 50.4 Å². The zero-order chi connectivity index (χ0) is 18.1. The summed E-state index contributed by atoms with van der Waals surface area (Å²) in [6.07, 6.45) is 0. The predicted octanol–water partition coefficient (Wildman–Crippen LogP) is 4.80. The Hall–Kier alpha value is 0.259. The van der Waals surface area contributed by atoms with Crippen molar-refractivity contribution in [1.29, 1.82) is 0 Å². The third-order valence-electron chi connectivity index (χ3n) is 4.48. The van der Waals surface area contributed by atoms with Gasteiger partial charge >= 0.3 is 0 Å². The summed E-state index contributed by atoms with van der Waals surface area (Å²) in [4.78, 5) is 0. The van der Waals surface area contributed by atoms with Crippen molar-refractivity contribution < 1.29 is 83.9 Å². The van der Waals surface area contributed by atoms with Crippen LogP contribution in [0.5, 0.6) is 0 Å². The molecule has 4 aromatic carbocycles. The molecule has 0 aromatic heterocycles. The number of benzene rings is 4. The number of nitrogens with one attached hydrogen (secondary N) is 1. The average Bonchev–Trinajstić information content (AvgIpc) is 2.68. The minimum atomic E-state index is -1.60. The van der Waals surface area contributed by atoms with Crippen LogP contribution in [0, 0.1) is 75.5 Å². The van der Waals surface area contributed by atoms with E-state index in [1.807, 2.05) is 36.4 Å². The van der Waals surface area contributed by atoms with Crippen LogP contribution < -0.4 is 10.0 Å². The summed E-state index contributed by atoms with van der Waals surface area (Å²) in [6.45, 7) is 0. The van der Waals surface area contributed by atoms with Crippen molar-refractivity contribution in [1.82, 2.24) is 0 Å².